The van der Waals surface area contributed by atoms with Crippen molar-refractivity contribution in [1.29, 1.82) is 0 Å². The van der Waals surface area contributed by atoms with Crippen molar-refractivity contribution in [1.82, 2.24) is 4.98 Å². The topological polar surface area (TPSA) is 63.3 Å². The predicted molar refractivity (Wildman–Crippen MR) is 61.8 cm³/mol. The van der Waals surface area contributed by atoms with Crippen molar-refractivity contribution < 1.29 is 18.7 Å². The van der Waals surface area contributed by atoms with Gasteiger partial charge in [-0.25, -0.2) is 9.37 Å². The average molecular weight is 249 g/mol. The summed E-state index contributed by atoms with van der Waals surface area (Å²) < 4.78 is 18.1. The van der Waals surface area contributed by atoms with Gasteiger partial charge in [-0.2, -0.15) is 0 Å². The molecule has 0 aliphatic heterocycles. The maximum atomic E-state index is 12.7. The van der Waals surface area contributed by atoms with E-state index in [2.05, 4.69) is 4.98 Å². The van der Waals surface area contributed by atoms with Crippen LogP contribution >= 0.6 is 0 Å². The summed E-state index contributed by atoms with van der Waals surface area (Å²) in [5, 5.41) is 8.69. The predicted octanol–water partition coefficient (Wildman–Crippen LogP) is 2.34. The highest BCUT2D eigenvalue weighted by atomic mass is 19.1. The lowest BCUT2D eigenvalue weighted by atomic mass is 10.1. The maximum absolute atomic E-state index is 12.7. The summed E-state index contributed by atoms with van der Waals surface area (Å²) in [6.45, 7) is 1.70. The van der Waals surface area contributed by atoms with Crippen LogP contribution in [0.25, 0.3) is 0 Å². The molecule has 0 bridgehead atoms. The summed E-state index contributed by atoms with van der Waals surface area (Å²) in [5.74, 6) is -0.452. The van der Waals surface area contributed by atoms with E-state index in [1.54, 1.807) is 19.1 Å². The van der Waals surface area contributed by atoms with E-state index in [0.717, 1.165) is 5.56 Å². The smallest absolute Gasteiger partial charge is 0.311 e. The fraction of sp³-hybridized carbons (Fsp3) is 0.231. The summed E-state index contributed by atoms with van der Waals surface area (Å²) >= 11 is 0. The molecule has 0 radical (unpaired) electrons. The standard InChI is InChI=1S/C13H12FNO3/c1-8-11(7-13(16)17)18-12(15-8)6-9-2-4-10(14)5-3-9/h2-5H,6-7H2,1H3,(H,16,17). The van der Waals surface area contributed by atoms with E-state index in [-0.39, 0.29) is 12.2 Å². The molecule has 1 aromatic heterocycles. The molecule has 0 fully saturated rings. The monoisotopic (exact) mass is 249 g/mol. The first-order chi connectivity index (χ1) is 8.54. The van der Waals surface area contributed by atoms with Crippen molar-refractivity contribution in [3.63, 3.8) is 0 Å². The Morgan fingerprint density at radius 3 is 2.67 bits per heavy atom. The second-order valence-corrected chi connectivity index (χ2v) is 3.99. The molecule has 0 saturated heterocycles. The van der Waals surface area contributed by atoms with Crippen molar-refractivity contribution in [3.05, 3.63) is 53.0 Å². The van der Waals surface area contributed by atoms with E-state index in [4.69, 9.17) is 9.52 Å². The zero-order chi connectivity index (χ0) is 13.1. The van der Waals surface area contributed by atoms with Gasteiger partial charge < -0.3 is 9.52 Å². The molecule has 94 valence electrons. The van der Waals surface area contributed by atoms with Crippen molar-refractivity contribution in [2.75, 3.05) is 0 Å². The third kappa shape index (κ3) is 2.94. The zero-order valence-electron chi connectivity index (χ0n) is 9.81. The van der Waals surface area contributed by atoms with Crippen molar-refractivity contribution >= 4 is 5.97 Å². The molecule has 5 heteroatoms. The van der Waals surface area contributed by atoms with Gasteiger partial charge in [0.25, 0.3) is 0 Å². The molecule has 0 amide bonds. The molecule has 0 aliphatic rings. The molecule has 0 atom stereocenters. The van der Waals surface area contributed by atoms with Crippen LogP contribution in [-0.4, -0.2) is 16.1 Å². The molecule has 1 aromatic carbocycles. The number of carboxylic acid groups (broad SMARTS) is 1. The molecule has 0 aliphatic carbocycles. The Labute approximate surface area is 103 Å². The van der Waals surface area contributed by atoms with Gasteiger partial charge in [-0.1, -0.05) is 12.1 Å². The fourth-order valence-corrected chi connectivity index (χ4v) is 1.64. The van der Waals surface area contributed by atoms with Gasteiger partial charge >= 0.3 is 5.97 Å². The number of oxazole rings is 1. The van der Waals surface area contributed by atoms with Gasteiger partial charge in [0.05, 0.1) is 5.69 Å². The summed E-state index contributed by atoms with van der Waals surface area (Å²) in [6.07, 6.45) is 0.239. The van der Waals surface area contributed by atoms with Crippen molar-refractivity contribution in [3.8, 4) is 0 Å². The van der Waals surface area contributed by atoms with E-state index >= 15 is 0 Å². The summed E-state index contributed by atoms with van der Waals surface area (Å²) in [4.78, 5) is 14.8. The highest BCUT2D eigenvalue weighted by Crippen LogP contribution is 2.15. The minimum Gasteiger partial charge on any atom is -0.481 e. The number of benzene rings is 1. The van der Waals surface area contributed by atoms with Crippen LogP contribution in [0.4, 0.5) is 4.39 Å². The van der Waals surface area contributed by atoms with Gasteiger partial charge in [0.15, 0.2) is 5.89 Å². The number of hydrogen-bond donors (Lipinski definition) is 1. The lowest BCUT2D eigenvalue weighted by Gasteiger charge is -1.96. The van der Waals surface area contributed by atoms with Crippen LogP contribution in [0.1, 0.15) is 22.9 Å². The molecule has 2 aromatic rings. The Balaban J connectivity index is 2.14. The number of carbonyl (C=O) groups is 1. The van der Waals surface area contributed by atoms with E-state index in [9.17, 15) is 9.18 Å². The summed E-state index contributed by atoms with van der Waals surface area (Å²) in [6, 6.07) is 6.02. The number of hydrogen-bond acceptors (Lipinski definition) is 3. The van der Waals surface area contributed by atoms with Crippen LogP contribution in [0.15, 0.2) is 28.7 Å². The molecule has 2 rings (SSSR count). The number of aromatic nitrogens is 1. The minimum absolute atomic E-state index is 0.178. The van der Waals surface area contributed by atoms with Gasteiger partial charge in [0.2, 0.25) is 0 Å². The molecule has 0 saturated carbocycles. The van der Waals surface area contributed by atoms with Gasteiger partial charge in [0, 0.05) is 6.42 Å². The summed E-state index contributed by atoms with van der Waals surface area (Å²) in [5.41, 5.74) is 1.44. The minimum atomic E-state index is -0.956. The fourth-order valence-electron chi connectivity index (χ4n) is 1.64. The molecule has 0 spiro atoms. The average Bonchev–Trinajstić information content (AvgIpc) is 2.62. The van der Waals surface area contributed by atoms with Crippen molar-refractivity contribution in [2.24, 2.45) is 0 Å². The SMILES string of the molecule is Cc1nc(Cc2ccc(F)cc2)oc1CC(=O)O. The molecule has 4 nitrogen and oxygen atoms in total. The van der Waals surface area contributed by atoms with E-state index in [0.29, 0.717) is 23.8 Å². The number of carboxylic acids is 1. The third-order valence-corrected chi connectivity index (χ3v) is 2.52. The molecule has 1 heterocycles. The first kappa shape index (κ1) is 12.3. The van der Waals surface area contributed by atoms with E-state index in [1.165, 1.54) is 12.1 Å². The van der Waals surface area contributed by atoms with Crippen LogP contribution < -0.4 is 0 Å². The molecule has 0 unspecified atom stereocenters. The lowest BCUT2D eigenvalue weighted by Crippen LogP contribution is -1.99. The lowest BCUT2D eigenvalue weighted by molar-refractivity contribution is -0.136. The van der Waals surface area contributed by atoms with Crippen LogP contribution in [0, 0.1) is 12.7 Å². The van der Waals surface area contributed by atoms with Gasteiger partial charge in [-0.15, -0.1) is 0 Å². The second kappa shape index (κ2) is 5.00. The van der Waals surface area contributed by atoms with Crippen LogP contribution in [0.2, 0.25) is 0 Å². The number of aryl methyl sites for hydroxylation is 1. The van der Waals surface area contributed by atoms with E-state index in [1.807, 2.05) is 0 Å². The highest BCUT2D eigenvalue weighted by Gasteiger charge is 2.13. The molecular weight excluding hydrogens is 237 g/mol. The van der Waals surface area contributed by atoms with Gasteiger partial charge in [-0.3, -0.25) is 4.79 Å². The van der Waals surface area contributed by atoms with Gasteiger partial charge in [-0.05, 0) is 24.6 Å². The zero-order valence-corrected chi connectivity index (χ0v) is 9.81. The third-order valence-electron chi connectivity index (χ3n) is 2.52. The van der Waals surface area contributed by atoms with Crippen LogP contribution in [-0.2, 0) is 17.6 Å². The Bertz CT molecular complexity index is 560. The largest absolute Gasteiger partial charge is 0.481 e. The molecule has 1 N–H and O–H groups in total. The van der Waals surface area contributed by atoms with E-state index < -0.39 is 5.97 Å². The number of nitrogens with zero attached hydrogens (tertiary/aromatic N) is 1. The van der Waals surface area contributed by atoms with Crippen LogP contribution in [0.3, 0.4) is 0 Å². The Morgan fingerprint density at radius 2 is 2.06 bits per heavy atom. The number of halogens is 1. The Hall–Kier alpha value is -2.17. The van der Waals surface area contributed by atoms with Crippen LogP contribution in [0.5, 0.6) is 0 Å². The molecule has 18 heavy (non-hydrogen) atoms. The highest BCUT2D eigenvalue weighted by molar-refractivity contribution is 5.69. The van der Waals surface area contributed by atoms with Gasteiger partial charge in [0.1, 0.15) is 18.0 Å². The quantitative estimate of drug-likeness (QED) is 0.903. The normalized spacial score (nSPS) is 10.6. The first-order valence-electron chi connectivity index (χ1n) is 5.46. The summed E-state index contributed by atoms with van der Waals surface area (Å²) in [7, 11) is 0. The Morgan fingerprint density at radius 1 is 1.39 bits per heavy atom. The first-order valence-corrected chi connectivity index (χ1v) is 5.46. The Kier molecular flexibility index (Phi) is 3.41. The number of rotatable bonds is 4. The molecular formula is C13H12FNO3. The maximum Gasteiger partial charge on any atom is 0.311 e. The second-order valence-electron chi connectivity index (χ2n) is 3.99. The number of aliphatic carboxylic acids is 1. The van der Waals surface area contributed by atoms with Crippen molar-refractivity contribution in [2.45, 2.75) is 19.8 Å².